The Hall–Kier alpha value is -2.62. The maximum Gasteiger partial charge on any atom is 0.235 e. The van der Waals surface area contributed by atoms with Crippen LogP contribution in [0.4, 0.5) is 5.69 Å². The molecule has 1 heterocycles. The number of amides is 2. The van der Waals surface area contributed by atoms with Crippen LogP contribution in [0.5, 0.6) is 0 Å². The topological polar surface area (TPSA) is 49.4 Å². The summed E-state index contributed by atoms with van der Waals surface area (Å²) in [5, 5.41) is 3.22. The Balaban J connectivity index is 1.95. The summed E-state index contributed by atoms with van der Waals surface area (Å²) in [6, 6.07) is 14.2. The lowest BCUT2D eigenvalue weighted by molar-refractivity contribution is -0.133. The predicted octanol–water partition coefficient (Wildman–Crippen LogP) is 4.13. The summed E-state index contributed by atoms with van der Waals surface area (Å²) < 4.78 is 0. The number of carbonyl (C=O) groups is 2. The Kier molecular flexibility index (Phi) is 5.36. The molecule has 1 saturated heterocycles. The van der Waals surface area contributed by atoms with Gasteiger partial charge in [0, 0.05) is 25.7 Å². The van der Waals surface area contributed by atoms with Crippen LogP contribution in [0.2, 0.25) is 0 Å². The van der Waals surface area contributed by atoms with Crippen molar-refractivity contribution in [2.24, 2.45) is 0 Å². The number of carbonyl (C=O) groups excluding carboxylic acids is 2. The van der Waals surface area contributed by atoms with Crippen molar-refractivity contribution in [3.05, 3.63) is 64.7 Å². The largest absolute Gasteiger partial charge is 0.343 e. The van der Waals surface area contributed by atoms with E-state index in [1.165, 1.54) is 5.56 Å². The molecule has 3 rings (SSSR count). The van der Waals surface area contributed by atoms with Crippen LogP contribution in [0.3, 0.4) is 0 Å². The van der Waals surface area contributed by atoms with Crippen molar-refractivity contribution in [1.82, 2.24) is 4.90 Å². The zero-order valence-corrected chi connectivity index (χ0v) is 16.6. The summed E-state index contributed by atoms with van der Waals surface area (Å²) in [6.45, 7) is 8.92. The standard InChI is InChI=1S/C23H28N2O2/c1-16-14-17(2)21(18(3)15-16)24-22(27)23(20-8-6-5-7-9-20)10-12-25(13-11-23)19(4)26/h5-9,14-15H,10-13H2,1-4H3,(H,24,27). The lowest BCUT2D eigenvalue weighted by Gasteiger charge is -2.41. The Labute approximate surface area is 161 Å². The molecule has 2 aromatic rings. The van der Waals surface area contributed by atoms with E-state index < -0.39 is 5.41 Å². The van der Waals surface area contributed by atoms with Gasteiger partial charge in [-0.2, -0.15) is 0 Å². The molecule has 2 aromatic carbocycles. The molecular weight excluding hydrogens is 336 g/mol. The molecule has 142 valence electrons. The molecule has 0 radical (unpaired) electrons. The van der Waals surface area contributed by atoms with Gasteiger partial charge in [-0.05, 0) is 50.3 Å². The van der Waals surface area contributed by atoms with Crippen molar-refractivity contribution in [3.63, 3.8) is 0 Å². The molecule has 4 nitrogen and oxygen atoms in total. The van der Waals surface area contributed by atoms with Crippen LogP contribution in [-0.4, -0.2) is 29.8 Å². The number of hydrogen-bond donors (Lipinski definition) is 1. The van der Waals surface area contributed by atoms with Gasteiger partial charge >= 0.3 is 0 Å². The number of aryl methyl sites for hydroxylation is 3. The van der Waals surface area contributed by atoms with Crippen LogP contribution in [0.15, 0.2) is 42.5 Å². The van der Waals surface area contributed by atoms with E-state index in [1.54, 1.807) is 6.92 Å². The van der Waals surface area contributed by atoms with Gasteiger partial charge in [-0.15, -0.1) is 0 Å². The van der Waals surface area contributed by atoms with Gasteiger partial charge in [0.25, 0.3) is 0 Å². The second kappa shape index (κ2) is 7.55. The first-order valence-electron chi connectivity index (χ1n) is 9.54. The predicted molar refractivity (Wildman–Crippen MR) is 109 cm³/mol. The van der Waals surface area contributed by atoms with E-state index in [4.69, 9.17) is 0 Å². The summed E-state index contributed by atoms with van der Waals surface area (Å²) in [5.74, 6) is 0.0919. The number of likely N-dealkylation sites (tertiary alicyclic amines) is 1. The van der Waals surface area contributed by atoms with Crippen molar-refractivity contribution >= 4 is 17.5 Å². The first kappa shape index (κ1) is 19.2. The molecule has 0 aromatic heterocycles. The molecular formula is C23H28N2O2. The molecule has 1 aliphatic rings. The van der Waals surface area contributed by atoms with Crippen molar-refractivity contribution in [3.8, 4) is 0 Å². The summed E-state index contributed by atoms with van der Waals surface area (Å²) >= 11 is 0. The van der Waals surface area contributed by atoms with Crippen molar-refractivity contribution in [2.45, 2.75) is 46.0 Å². The Morgan fingerprint density at radius 3 is 2.04 bits per heavy atom. The second-order valence-electron chi connectivity index (χ2n) is 7.68. The maximum absolute atomic E-state index is 13.5. The fourth-order valence-corrected chi connectivity index (χ4v) is 4.22. The minimum atomic E-state index is -0.614. The van der Waals surface area contributed by atoms with E-state index in [1.807, 2.05) is 49.1 Å². The summed E-state index contributed by atoms with van der Waals surface area (Å²) in [6.07, 6.45) is 1.26. The average Bonchev–Trinajstić information content (AvgIpc) is 2.65. The lowest BCUT2D eigenvalue weighted by Crippen LogP contribution is -2.50. The highest BCUT2D eigenvalue weighted by Gasteiger charge is 2.43. The fraction of sp³-hybridized carbons (Fsp3) is 0.391. The van der Waals surface area contributed by atoms with E-state index in [0.717, 1.165) is 22.4 Å². The van der Waals surface area contributed by atoms with E-state index in [-0.39, 0.29) is 11.8 Å². The first-order chi connectivity index (χ1) is 12.8. The third-order valence-corrected chi connectivity index (χ3v) is 5.74. The molecule has 2 amide bonds. The van der Waals surface area contributed by atoms with E-state index in [0.29, 0.717) is 25.9 Å². The molecule has 0 bridgehead atoms. The molecule has 1 aliphatic heterocycles. The normalized spacial score (nSPS) is 16.1. The SMILES string of the molecule is CC(=O)N1CCC(C(=O)Nc2c(C)cc(C)cc2C)(c2ccccc2)CC1. The van der Waals surface area contributed by atoms with Crippen LogP contribution in [-0.2, 0) is 15.0 Å². The van der Waals surface area contributed by atoms with Gasteiger partial charge in [-0.1, -0.05) is 48.0 Å². The number of rotatable bonds is 3. The Morgan fingerprint density at radius 2 is 1.52 bits per heavy atom. The minimum Gasteiger partial charge on any atom is -0.343 e. The van der Waals surface area contributed by atoms with Crippen LogP contribution in [0.25, 0.3) is 0 Å². The van der Waals surface area contributed by atoms with E-state index in [2.05, 4.69) is 24.4 Å². The maximum atomic E-state index is 13.5. The second-order valence-corrected chi connectivity index (χ2v) is 7.68. The third-order valence-electron chi connectivity index (χ3n) is 5.74. The smallest absolute Gasteiger partial charge is 0.235 e. The van der Waals surface area contributed by atoms with Gasteiger partial charge in [-0.25, -0.2) is 0 Å². The number of anilines is 1. The van der Waals surface area contributed by atoms with Crippen molar-refractivity contribution in [1.29, 1.82) is 0 Å². The quantitative estimate of drug-likeness (QED) is 0.890. The van der Waals surface area contributed by atoms with Crippen molar-refractivity contribution in [2.75, 3.05) is 18.4 Å². The zero-order valence-electron chi connectivity index (χ0n) is 16.6. The third kappa shape index (κ3) is 3.75. The highest BCUT2D eigenvalue weighted by atomic mass is 16.2. The number of nitrogens with one attached hydrogen (secondary N) is 1. The molecule has 0 aliphatic carbocycles. The summed E-state index contributed by atoms with van der Waals surface area (Å²) in [5.41, 5.74) is 4.64. The fourth-order valence-electron chi connectivity index (χ4n) is 4.22. The van der Waals surface area contributed by atoms with E-state index in [9.17, 15) is 9.59 Å². The van der Waals surface area contributed by atoms with Gasteiger partial charge < -0.3 is 10.2 Å². The Morgan fingerprint density at radius 1 is 0.963 bits per heavy atom. The Bertz CT molecular complexity index is 827. The van der Waals surface area contributed by atoms with E-state index >= 15 is 0 Å². The highest BCUT2D eigenvalue weighted by Crippen LogP contribution is 2.37. The molecule has 27 heavy (non-hydrogen) atoms. The van der Waals surface area contributed by atoms with Gasteiger partial charge in [0.2, 0.25) is 11.8 Å². The molecule has 0 unspecified atom stereocenters. The molecule has 0 spiro atoms. The van der Waals surface area contributed by atoms with Crippen LogP contribution >= 0.6 is 0 Å². The minimum absolute atomic E-state index is 0.0203. The van der Waals surface area contributed by atoms with Crippen LogP contribution in [0.1, 0.15) is 42.0 Å². The average molecular weight is 364 g/mol. The lowest BCUT2D eigenvalue weighted by atomic mass is 9.71. The molecule has 4 heteroatoms. The van der Waals surface area contributed by atoms with Gasteiger partial charge in [0.15, 0.2) is 0 Å². The number of hydrogen-bond acceptors (Lipinski definition) is 2. The van der Waals surface area contributed by atoms with Gasteiger partial charge in [0.1, 0.15) is 0 Å². The molecule has 0 atom stereocenters. The summed E-state index contributed by atoms with van der Waals surface area (Å²) in [4.78, 5) is 27.1. The number of piperidine rings is 1. The zero-order chi connectivity index (χ0) is 19.6. The molecule has 1 fully saturated rings. The van der Waals surface area contributed by atoms with Gasteiger partial charge in [-0.3, -0.25) is 9.59 Å². The first-order valence-corrected chi connectivity index (χ1v) is 9.54. The van der Waals surface area contributed by atoms with Crippen molar-refractivity contribution < 1.29 is 9.59 Å². The monoisotopic (exact) mass is 364 g/mol. The number of benzene rings is 2. The molecule has 0 saturated carbocycles. The van der Waals surface area contributed by atoms with Crippen LogP contribution < -0.4 is 5.32 Å². The molecule has 1 N–H and O–H groups in total. The highest BCUT2D eigenvalue weighted by molar-refractivity contribution is 6.00. The van der Waals surface area contributed by atoms with Gasteiger partial charge in [0.05, 0.1) is 5.41 Å². The summed E-state index contributed by atoms with van der Waals surface area (Å²) in [7, 11) is 0. The number of nitrogens with zero attached hydrogens (tertiary/aromatic N) is 1. The van der Waals surface area contributed by atoms with Crippen LogP contribution in [0, 0.1) is 20.8 Å².